The molecule has 0 aliphatic heterocycles. The van der Waals surface area contributed by atoms with E-state index in [1.807, 2.05) is 6.92 Å². The van der Waals surface area contributed by atoms with E-state index in [1.165, 1.54) is 32.1 Å². The maximum absolute atomic E-state index is 12.0. The Morgan fingerprint density at radius 2 is 1.38 bits per heavy atom. The van der Waals surface area contributed by atoms with Crippen molar-refractivity contribution in [2.75, 3.05) is 13.2 Å². The average molecular weight is 382 g/mol. The van der Waals surface area contributed by atoms with Crippen molar-refractivity contribution < 1.29 is 12.6 Å². The Kier molecular flexibility index (Phi) is 11.8. The molecule has 0 fully saturated rings. The van der Waals surface area contributed by atoms with Crippen molar-refractivity contribution in [3.05, 3.63) is 40.3 Å². The number of unbranched alkanes of at least 4 members (excludes halogenated alkanes) is 9. The van der Waals surface area contributed by atoms with Gasteiger partial charge in [0.25, 0.3) is 10.1 Å². The zero-order chi connectivity index (χ0) is 19.1. The van der Waals surface area contributed by atoms with Gasteiger partial charge in [0.15, 0.2) is 0 Å². The van der Waals surface area contributed by atoms with E-state index >= 15 is 0 Å². The van der Waals surface area contributed by atoms with Crippen LogP contribution in [0.2, 0.25) is 0 Å². The fourth-order valence-corrected chi connectivity index (χ4v) is 3.63. The Morgan fingerprint density at radius 1 is 0.885 bits per heavy atom. The third-order valence-corrected chi connectivity index (χ3v) is 5.59. The molecule has 7 heteroatoms. The van der Waals surface area contributed by atoms with E-state index in [4.69, 9.17) is 9.71 Å². The minimum atomic E-state index is -3.62. The first-order valence-corrected chi connectivity index (χ1v) is 10.9. The third-order valence-electron chi connectivity index (χ3n) is 4.26. The molecule has 1 aromatic rings. The van der Waals surface area contributed by atoms with Gasteiger partial charge >= 0.3 is 0 Å². The lowest BCUT2D eigenvalue weighted by Gasteiger charge is -2.06. The van der Waals surface area contributed by atoms with Crippen molar-refractivity contribution in [1.82, 2.24) is 0 Å². The molecule has 0 N–H and O–H groups in total. The summed E-state index contributed by atoms with van der Waals surface area (Å²) in [5.74, 6) is 0. The standard InChI is InChI=1S/C19H31N3O3S/c1-18-12-14-19(15-13-18)26(23,24)25-17-11-9-7-5-3-2-4-6-8-10-16-21-22-20/h12-15H,2-11,16-17H2,1H3. The molecule has 0 aliphatic carbocycles. The van der Waals surface area contributed by atoms with Crippen molar-refractivity contribution in [3.63, 3.8) is 0 Å². The number of aryl methyl sites for hydroxylation is 1. The summed E-state index contributed by atoms with van der Waals surface area (Å²) in [7, 11) is -3.62. The Hall–Kier alpha value is -1.56. The van der Waals surface area contributed by atoms with Gasteiger partial charge in [-0.15, -0.1) is 0 Å². The summed E-state index contributed by atoms with van der Waals surface area (Å²) >= 11 is 0. The SMILES string of the molecule is Cc1ccc(S(=O)(=O)OCCCCCCCCCCCCN=[N+]=[N-])cc1. The van der Waals surface area contributed by atoms with E-state index < -0.39 is 10.1 Å². The molecule has 0 unspecified atom stereocenters. The van der Waals surface area contributed by atoms with Crippen LogP contribution in [0.3, 0.4) is 0 Å². The van der Waals surface area contributed by atoms with Gasteiger partial charge in [-0.2, -0.15) is 8.42 Å². The molecule has 0 aliphatic rings. The van der Waals surface area contributed by atoms with E-state index in [0.29, 0.717) is 6.54 Å². The van der Waals surface area contributed by atoms with Crippen LogP contribution in [0.1, 0.15) is 69.8 Å². The van der Waals surface area contributed by atoms with Crippen molar-refractivity contribution in [2.45, 2.75) is 76.0 Å². The molecule has 146 valence electrons. The molecule has 0 amide bonds. The maximum Gasteiger partial charge on any atom is 0.296 e. The zero-order valence-corrected chi connectivity index (χ0v) is 16.6. The predicted molar refractivity (Wildman–Crippen MR) is 104 cm³/mol. The second-order valence-corrected chi connectivity index (χ2v) is 8.19. The fraction of sp³-hybridized carbons (Fsp3) is 0.684. The molecule has 1 aromatic carbocycles. The van der Waals surface area contributed by atoms with Crippen molar-refractivity contribution in [2.24, 2.45) is 5.11 Å². The number of rotatable bonds is 15. The normalized spacial score (nSPS) is 11.3. The van der Waals surface area contributed by atoms with Crippen LogP contribution in [-0.4, -0.2) is 21.6 Å². The maximum atomic E-state index is 12.0. The van der Waals surface area contributed by atoms with Crippen molar-refractivity contribution >= 4 is 10.1 Å². The molecular formula is C19H31N3O3S. The predicted octanol–water partition coefficient (Wildman–Crippen LogP) is 5.91. The minimum Gasteiger partial charge on any atom is -0.266 e. The van der Waals surface area contributed by atoms with Crippen LogP contribution in [0, 0.1) is 6.92 Å². The molecule has 0 atom stereocenters. The highest BCUT2D eigenvalue weighted by atomic mass is 32.2. The van der Waals surface area contributed by atoms with Gasteiger partial charge in [-0.05, 0) is 37.4 Å². The Morgan fingerprint density at radius 3 is 1.92 bits per heavy atom. The van der Waals surface area contributed by atoms with Gasteiger partial charge in [-0.3, -0.25) is 4.18 Å². The molecule has 0 spiro atoms. The van der Waals surface area contributed by atoms with Gasteiger partial charge in [0.2, 0.25) is 0 Å². The van der Waals surface area contributed by atoms with Crippen LogP contribution in [0.25, 0.3) is 10.4 Å². The summed E-state index contributed by atoms with van der Waals surface area (Å²) in [6.07, 6.45) is 11.1. The molecule has 6 nitrogen and oxygen atoms in total. The van der Waals surface area contributed by atoms with Gasteiger partial charge in [0.1, 0.15) is 0 Å². The quantitative estimate of drug-likeness (QED) is 0.124. The first-order chi connectivity index (χ1) is 12.6. The first-order valence-electron chi connectivity index (χ1n) is 9.53. The number of azide groups is 1. The Bertz CT molecular complexity index is 638. The molecule has 1 rings (SSSR count). The van der Waals surface area contributed by atoms with Crippen LogP contribution in [0.5, 0.6) is 0 Å². The van der Waals surface area contributed by atoms with E-state index in [-0.39, 0.29) is 11.5 Å². The van der Waals surface area contributed by atoms with E-state index in [2.05, 4.69) is 10.0 Å². The minimum absolute atomic E-state index is 0.225. The van der Waals surface area contributed by atoms with Gasteiger partial charge in [-0.25, -0.2) is 0 Å². The second kappa shape index (κ2) is 13.6. The van der Waals surface area contributed by atoms with Gasteiger partial charge in [0, 0.05) is 11.5 Å². The molecule has 0 saturated carbocycles. The van der Waals surface area contributed by atoms with Crippen molar-refractivity contribution in [3.8, 4) is 0 Å². The molecule has 0 radical (unpaired) electrons. The number of nitrogens with zero attached hydrogens (tertiary/aromatic N) is 3. The third kappa shape index (κ3) is 10.4. The largest absolute Gasteiger partial charge is 0.296 e. The lowest BCUT2D eigenvalue weighted by Crippen LogP contribution is -2.07. The smallest absolute Gasteiger partial charge is 0.266 e. The first kappa shape index (κ1) is 22.5. The highest BCUT2D eigenvalue weighted by Crippen LogP contribution is 2.15. The highest BCUT2D eigenvalue weighted by molar-refractivity contribution is 7.86. The van der Waals surface area contributed by atoms with E-state index in [1.54, 1.807) is 24.3 Å². The number of hydrogen-bond donors (Lipinski definition) is 0. The van der Waals surface area contributed by atoms with Crippen molar-refractivity contribution in [1.29, 1.82) is 0 Å². The van der Waals surface area contributed by atoms with Gasteiger partial charge in [-0.1, -0.05) is 74.2 Å². The molecular weight excluding hydrogens is 350 g/mol. The van der Waals surface area contributed by atoms with Gasteiger partial charge < -0.3 is 0 Å². The zero-order valence-electron chi connectivity index (χ0n) is 15.8. The monoisotopic (exact) mass is 381 g/mol. The summed E-state index contributed by atoms with van der Waals surface area (Å²) in [6.45, 7) is 2.78. The Labute approximate surface area is 157 Å². The van der Waals surface area contributed by atoms with Crippen LogP contribution in [0.4, 0.5) is 0 Å². The molecule has 26 heavy (non-hydrogen) atoms. The van der Waals surface area contributed by atoms with Gasteiger partial charge in [0.05, 0.1) is 11.5 Å². The fourth-order valence-electron chi connectivity index (χ4n) is 2.69. The Balaban J connectivity index is 1.96. The number of hydrogen-bond acceptors (Lipinski definition) is 4. The van der Waals surface area contributed by atoms with E-state index in [9.17, 15) is 8.42 Å². The summed E-state index contributed by atoms with van der Waals surface area (Å²) in [5, 5.41) is 3.52. The second-order valence-electron chi connectivity index (χ2n) is 6.58. The molecule has 0 aromatic heterocycles. The van der Waals surface area contributed by atoms with Crippen LogP contribution < -0.4 is 0 Å². The molecule has 0 saturated heterocycles. The summed E-state index contributed by atoms with van der Waals surface area (Å²) in [5.41, 5.74) is 9.19. The van der Waals surface area contributed by atoms with Crippen LogP contribution in [0.15, 0.2) is 34.3 Å². The van der Waals surface area contributed by atoms with E-state index in [0.717, 1.165) is 37.7 Å². The lowest BCUT2D eigenvalue weighted by atomic mass is 10.1. The molecule has 0 heterocycles. The summed E-state index contributed by atoms with van der Waals surface area (Å²) in [6, 6.07) is 6.72. The lowest BCUT2D eigenvalue weighted by molar-refractivity contribution is 0.306. The summed E-state index contributed by atoms with van der Waals surface area (Å²) < 4.78 is 29.1. The highest BCUT2D eigenvalue weighted by Gasteiger charge is 2.14. The summed E-state index contributed by atoms with van der Waals surface area (Å²) in [4.78, 5) is 2.96. The van der Waals surface area contributed by atoms with Crippen LogP contribution in [-0.2, 0) is 14.3 Å². The average Bonchev–Trinajstić information content (AvgIpc) is 2.62. The topological polar surface area (TPSA) is 92.1 Å². The number of benzene rings is 1. The van der Waals surface area contributed by atoms with Crippen LogP contribution >= 0.6 is 0 Å². The molecule has 0 bridgehead atoms.